The maximum Gasteiger partial charge on any atom is 0.295 e. The predicted octanol–water partition coefficient (Wildman–Crippen LogP) is 1.95. The largest absolute Gasteiger partial charge is 0.508 e. The van der Waals surface area contributed by atoms with Gasteiger partial charge in [0.25, 0.3) is 10.1 Å². The number of fused-ring (bicyclic) bond motifs is 1. The van der Waals surface area contributed by atoms with Gasteiger partial charge in [0.15, 0.2) is 0 Å². The second kappa shape index (κ2) is 4.09. The summed E-state index contributed by atoms with van der Waals surface area (Å²) in [7, 11) is -4.31. The molecule has 0 saturated carbocycles. The van der Waals surface area contributed by atoms with Crippen LogP contribution in [-0.4, -0.2) is 18.1 Å². The van der Waals surface area contributed by atoms with E-state index in [-0.39, 0.29) is 16.8 Å². The number of phenolic OH excluding ortho intramolecular Hbond substituents is 1. The van der Waals surface area contributed by atoms with E-state index in [9.17, 15) is 13.5 Å². The lowest BCUT2D eigenvalue weighted by atomic mass is 10.1. The fraction of sp³-hybridized carbons (Fsp3) is 0. The van der Waals surface area contributed by atoms with Crippen LogP contribution in [-0.2, 0) is 10.1 Å². The molecule has 2 aromatic carbocycles. The Labute approximate surface area is 92.7 Å². The Balaban J connectivity index is 0.00000128. The summed E-state index contributed by atoms with van der Waals surface area (Å²) < 4.78 is 31.1. The van der Waals surface area contributed by atoms with Crippen molar-refractivity contribution in [3.05, 3.63) is 36.4 Å². The Morgan fingerprint density at radius 3 is 2.31 bits per heavy atom. The van der Waals surface area contributed by atoms with Gasteiger partial charge in [0.1, 0.15) is 10.6 Å². The lowest BCUT2D eigenvalue weighted by Crippen LogP contribution is -1.98. The monoisotopic (exact) mass is 241 g/mol. The van der Waals surface area contributed by atoms with Crippen molar-refractivity contribution in [1.82, 2.24) is 6.15 Å². The highest BCUT2D eigenvalue weighted by Gasteiger charge is 2.14. The van der Waals surface area contributed by atoms with Gasteiger partial charge >= 0.3 is 0 Å². The quantitative estimate of drug-likeness (QED) is 0.661. The standard InChI is InChI=1S/C10H8O4S.H3N/c11-8-5-7-3-1-2-4-9(7)10(6-8)15(12,13)14;/h1-6,11H,(H,12,13,14);1H3. The molecule has 0 unspecified atom stereocenters. The third kappa shape index (κ3) is 2.13. The molecule has 16 heavy (non-hydrogen) atoms. The Bertz CT molecular complexity index is 622. The van der Waals surface area contributed by atoms with Gasteiger partial charge in [-0.1, -0.05) is 24.3 Å². The summed E-state index contributed by atoms with van der Waals surface area (Å²) in [5.74, 6) is -0.193. The zero-order chi connectivity index (χ0) is 11.1. The molecule has 5 nitrogen and oxygen atoms in total. The van der Waals surface area contributed by atoms with Crippen LogP contribution in [0.15, 0.2) is 41.3 Å². The molecule has 0 aliphatic heterocycles. The van der Waals surface area contributed by atoms with Gasteiger partial charge in [0.2, 0.25) is 0 Å². The third-order valence-electron chi connectivity index (χ3n) is 2.09. The molecule has 86 valence electrons. The summed E-state index contributed by atoms with van der Waals surface area (Å²) >= 11 is 0. The summed E-state index contributed by atoms with van der Waals surface area (Å²) in [6.07, 6.45) is 0. The fourth-order valence-electron chi connectivity index (χ4n) is 1.47. The first-order valence-electron chi connectivity index (χ1n) is 4.18. The van der Waals surface area contributed by atoms with Crippen molar-refractivity contribution in [2.75, 3.05) is 0 Å². The molecule has 0 aromatic heterocycles. The molecular weight excluding hydrogens is 230 g/mol. The Morgan fingerprint density at radius 2 is 1.69 bits per heavy atom. The minimum absolute atomic E-state index is 0. The summed E-state index contributed by atoms with van der Waals surface area (Å²) in [6, 6.07) is 9.06. The molecule has 0 radical (unpaired) electrons. The second-order valence-corrected chi connectivity index (χ2v) is 4.53. The molecule has 0 bridgehead atoms. The van der Waals surface area contributed by atoms with Crippen LogP contribution in [0.3, 0.4) is 0 Å². The number of phenols is 1. The predicted molar refractivity (Wildman–Crippen MR) is 60.4 cm³/mol. The molecular formula is C10H11NO4S. The van der Waals surface area contributed by atoms with E-state index in [1.165, 1.54) is 6.07 Å². The maximum absolute atomic E-state index is 11.0. The SMILES string of the molecule is N.O=S(=O)(O)c1cc(O)cc2ccccc12. The number of aromatic hydroxyl groups is 1. The zero-order valence-corrected chi connectivity index (χ0v) is 9.11. The summed E-state index contributed by atoms with van der Waals surface area (Å²) in [6.45, 7) is 0. The number of hydrogen-bond donors (Lipinski definition) is 3. The third-order valence-corrected chi connectivity index (χ3v) is 2.98. The van der Waals surface area contributed by atoms with Crippen molar-refractivity contribution in [2.24, 2.45) is 0 Å². The average molecular weight is 241 g/mol. The van der Waals surface area contributed by atoms with E-state index in [1.807, 2.05) is 0 Å². The molecule has 0 heterocycles. The van der Waals surface area contributed by atoms with E-state index in [0.717, 1.165) is 6.07 Å². The van der Waals surface area contributed by atoms with Gasteiger partial charge in [-0.15, -0.1) is 0 Å². The highest BCUT2D eigenvalue weighted by atomic mass is 32.2. The molecule has 0 spiro atoms. The summed E-state index contributed by atoms with van der Waals surface area (Å²) in [5, 5.41) is 10.2. The summed E-state index contributed by atoms with van der Waals surface area (Å²) in [4.78, 5) is -0.280. The van der Waals surface area contributed by atoms with Gasteiger partial charge in [-0.2, -0.15) is 8.42 Å². The van der Waals surface area contributed by atoms with Crippen molar-refractivity contribution in [1.29, 1.82) is 0 Å². The molecule has 0 aliphatic rings. The van der Waals surface area contributed by atoms with Crippen molar-refractivity contribution >= 4 is 20.9 Å². The summed E-state index contributed by atoms with van der Waals surface area (Å²) in [5.41, 5.74) is 0. The average Bonchev–Trinajstić information content (AvgIpc) is 2.15. The highest BCUT2D eigenvalue weighted by molar-refractivity contribution is 7.86. The van der Waals surface area contributed by atoms with E-state index < -0.39 is 10.1 Å². The van der Waals surface area contributed by atoms with Crippen LogP contribution in [0.1, 0.15) is 0 Å². The van der Waals surface area contributed by atoms with Crippen LogP contribution >= 0.6 is 0 Å². The number of hydrogen-bond acceptors (Lipinski definition) is 4. The van der Waals surface area contributed by atoms with Gasteiger partial charge < -0.3 is 11.3 Å². The molecule has 0 atom stereocenters. The number of rotatable bonds is 1. The Morgan fingerprint density at radius 1 is 1.06 bits per heavy atom. The molecule has 5 N–H and O–H groups in total. The van der Waals surface area contributed by atoms with Crippen LogP contribution in [0.4, 0.5) is 0 Å². The molecule has 0 amide bonds. The molecule has 0 aliphatic carbocycles. The van der Waals surface area contributed by atoms with Crippen molar-refractivity contribution in [3.63, 3.8) is 0 Å². The number of benzene rings is 2. The molecule has 2 aromatic rings. The van der Waals surface area contributed by atoms with E-state index in [0.29, 0.717) is 10.8 Å². The maximum atomic E-state index is 11.0. The zero-order valence-electron chi connectivity index (χ0n) is 8.29. The van der Waals surface area contributed by atoms with E-state index in [4.69, 9.17) is 4.55 Å². The van der Waals surface area contributed by atoms with Crippen molar-refractivity contribution < 1.29 is 18.1 Å². The van der Waals surface area contributed by atoms with Crippen molar-refractivity contribution in [3.8, 4) is 5.75 Å². The fourth-order valence-corrected chi connectivity index (χ4v) is 2.21. The van der Waals surface area contributed by atoms with Gasteiger partial charge in [-0.3, -0.25) is 4.55 Å². The van der Waals surface area contributed by atoms with Crippen molar-refractivity contribution in [2.45, 2.75) is 4.90 Å². The van der Waals surface area contributed by atoms with Crippen LogP contribution in [0.5, 0.6) is 5.75 Å². The van der Waals surface area contributed by atoms with Gasteiger partial charge in [0, 0.05) is 11.5 Å². The van der Waals surface area contributed by atoms with E-state index in [1.54, 1.807) is 24.3 Å². The van der Waals surface area contributed by atoms with E-state index in [2.05, 4.69) is 0 Å². The van der Waals surface area contributed by atoms with Gasteiger partial charge in [0.05, 0.1) is 0 Å². The molecule has 2 rings (SSSR count). The minimum atomic E-state index is -4.31. The first-order chi connectivity index (χ1) is 6.98. The van der Waals surface area contributed by atoms with Crippen LogP contribution in [0, 0.1) is 0 Å². The Kier molecular flexibility index (Phi) is 3.18. The lowest BCUT2D eigenvalue weighted by Gasteiger charge is -2.04. The first kappa shape index (κ1) is 12.4. The molecule has 6 heteroatoms. The first-order valence-corrected chi connectivity index (χ1v) is 5.62. The normalized spacial score (nSPS) is 11.1. The van der Waals surface area contributed by atoms with E-state index >= 15 is 0 Å². The second-order valence-electron chi connectivity index (χ2n) is 3.14. The highest BCUT2D eigenvalue weighted by Crippen LogP contribution is 2.27. The van der Waals surface area contributed by atoms with Gasteiger partial charge in [-0.25, -0.2) is 0 Å². The minimum Gasteiger partial charge on any atom is -0.508 e. The molecule has 0 saturated heterocycles. The smallest absolute Gasteiger partial charge is 0.295 e. The Hall–Kier alpha value is -1.63. The lowest BCUT2D eigenvalue weighted by molar-refractivity contribution is 0.468. The topological polar surface area (TPSA) is 110 Å². The van der Waals surface area contributed by atoms with Crippen LogP contribution in [0.2, 0.25) is 0 Å². The van der Waals surface area contributed by atoms with Crippen LogP contribution in [0.25, 0.3) is 10.8 Å². The molecule has 0 fully saturated rings. The van der Waals surface area contributed by atoms with Gasteiger partial charge in [-0.05, 0) is 11.5 Å². The van der Waals surface area contributed by atoms with Crippen LogP contribution < -0.4 is 6.15 Å².